The number of fused-ring (bicyclic) bond motifs is 2. The van der Waals surface area contributed by atoms with Crippen LogP contribution in [0.2, 0.25) is 0 Å². The second kappa shape index (κ2) is 6.75. The van der Waals surface area contributed by atoms with Crippen LogP contribution in [-0.4, -0.2) is 40.6 Å². The van der Waals surface area contributed by atoms with Crippen LogP contribution < -0.4 is 4.90 Å². The summed E-state index contributed by atoms with van der Waals surface area (Å²) in [6.07, 6.45) is 4.12. The summed E-state index contributed by atoms with van der Waals surface area (Å²) in [6, 6.07) is 4.49. The number of anilines is 1. The fourth-order valence-electron chi connectivity index (χ4n) is 4.55. The van der Waals surface area contributed by atoms with Crippen LogP contribution >= 0.6 is 0 Å². The first-order valence-electron chi connectivity index (χ1n) is 9.40. The number of rotatable bonds is 4. The van der Waals surface area contributed by atoms with Gasteiger partial charge in [-0.1, -0.05) is 12.8 Å². The second-order valence-corrected chi connectivity index (χ2v) is 7.44. The molecule has 2 unspecified atom stereocenters. The molecule has 142 valence electrons. The molecule has 3 aliphatic rings. The van der Waals surface area contributed by atoms with Gasteiger partial charge in [-0.3, -0.25) is 29.4 Å². The summed E-state index contributed by atoms with van der Waals surface area (Å²) < 4.78 is 0. The van der Waals surface area contributed by atoms with Gasteiger partial charge < -0.3 is 4.90 Å². The van der Waals surface area contributed by atoms with Crippen LogP contribution in [0.5, 0.6) is 0 Å². The zero-order valence-corrected chi connectivity index (χ0v) is 14.9. The van der Waals surface area contributed by atoms with Crippen LogP contribution in [-0.2, 0) is 20.8 Å². The molecule has 0 bridgehead atoms. The maximum Gasteiger partial charge on any atom is 0.269 e. The Morgan fingerprint density at radius 2 is 1.81 bits per heavy atom. The van der Waals surface area contributed by atoms with Gasteiger partial charge in [-0.05, 0) is 30.9 Å². The highest BCUT2D eigenvalue weighted by Gasteiger charge is 2.48. The number of benzene rings is 1. The van der Waals surface area contributed by atoms with Crippen molar-refractivity contribution in [2.24, 2.45) is 11.8 Å². The average molecular weight is 371 g/mol. The van der Waals surface area contributed by atoms with Crippen molar-refractivity contribution in [2.75, 3.05) is 18.0 Å². The lowest BCUT2D eigenvalue weighted by molar-refractivity contribution is -0.384. The van der Waals surface area contributed by atoms with Crippen molar-refractivity contribution in [1.82, 2.24) is 4.90 Å². The summed E-state index contributed by atoms with van der Waals surface area (Å²) >= 11 is 0. The lowest BCUT2D eigenvalue weighted by atomic mass is 9.81. The van der Waals surface area contributed by atoms with Gasteiger partial charge in [0, 0.05) is 37.3 Å². The molecule has 1 aromatic rings. The highest BCUT2D eigenvalue weighted by Crippen LogP contribution is 2.38. The number of carbonyl (C=O) groups is 3. The lowest BCUT2D eigenvalue weighted by Gasteiger charge is -2.20. The minimum atomic E-state index is -0.450. The van der Waals surface area contributed by atoms with Gasteiger partial charge in [0.25, 0.3) is 5.69 Å². The fourth-order valence-corrected chi connectivity index (χ4v) is 4.55. The van der Waals surface area contributed by atoms with Gasteiger partial charge in [0.05, 0.1) is 16.8 Å². The number of likely N-dealkylation sites (tertiary alicyclic amines) is 1. The van der Waals surface area contributed by atoms with Crippen LogP contribution in [0, 0.1) is 22.0 Å². The lowest BCUT2D eigenvalue weighted by Crippen LogP contribution is -2.36. The molecule has 0 radical (unpaired) electrons. The number of nitro groups is 1. The van der Waals surface area contributed by atoms with E-state index >= 15 is 0 Å². The summed E-state index contributed by atoms with van der Waals surface area (Å²) in [5.41, 5.74) is 1.47. The van der Waals surface area contributed by atoms with Crippen LogP contribution in [0.15, 0.2) is 18.2 Å². The molecule has 8 heteroatoms. The van der Waals surface area contributed by atoms with Crippen molar-refractivity contribution in [1.29, 1.82) is 0 Å². The van der Waals surface area contributed by atoms with E-state index in [0.717, 1.165) is 31.2 Å². The van der Waals surface area contributed by atoms with E-state index in [1.165, 1.54) is 17.0 Å². The Morgan fingerprint density at radius 3 is 2.44 bits per heavy atom. The number of nitrogens with zero attached hydrogens (tertiary/aromatic N) is 3. The van der Waals surface area contributed by atoms with E-state index in [1.54, 1.807) is 11.0 Å². The average Bonchev–Trinajstić information content (AvgIpc) is 3.20. The van der Waals surface area contributed by atoms with Crippen LogP contribution in [0.4, 0.5) is 11.4 Å². The zero-order chi connectivity index (χ0) is 19.1. The zero-order valence-electron chi connectivity index (χ0n) is 14.9. The molecule has 0 aromatic heterocycles. The molecular weight excluding hydrogens is 350 g/mol. The Labute approximate surface area is 156 Å². The van der Waals surface area contributed by atoms with Crippen molar-refractivity contribution < 1.29 is 19.3 Å². The SMILES string of the molecule is O=C1C2CCCCC2C(=O)N1CCC(=O)N1CCc2cc([N+](=O)[O-])ccc21. The Morgan fingerprint density at radius 1 is 1.15 bits per heavy atom. The maximum absolute atomic E-state index is 12.7. The van der Waals surface area contributed by atoms with E-state index in [0.29, 0.717) is 18.7 Å². The predicted octanol–water partition coefficient (Wildman–Crippen LogP) is 2.05. The van der Waals surface area contributed by atoms with Crippen LogP contribution in [0.1, 0.15) is 37.7 Å². The van der Waals surface area contributed by atoms with Gasteiger partial charge in [-0.15, -0.1) is 0 Å². The van der Waals surface area contributed by atoms with Gasteiger partial charge in [-0.25, -0.2) is 0 Å². The molecule has 8 nitrogen and oxygen atoms in total. The molecule has 3 amide bonds. The molecule has 2 atom stereocenters. The monoisotopic (exact) mass is 371 g/mol. The normalized spacial score (nSPS) is 24.1. The summed E-state index contributed by atoms with van der Waals surface area (Å²) in [4.78, 5) is 51.0. The fraction of sp³-hybridized carbons (Fsp3) is 0.526. The molecular formula is C19H21N3O5. The Balaban J connectivity index is 1.42. The Kier molecular flexibility index (Phi) is 4.41. The predicted molar refractivity (Wildman–Crippen MR) is 95.9 cm³/mol. The van der Waals surface area contributed by atoms with E-state index in [9.17, 15) is 24.5 Å². The second-order valence-electron chi connectivity index (χ2n) is 7.44. The third-order valence-electron chi connectivity index (χ3n) is 5.95. The van der Waals surface area contributed by atoms with E-state index in [-0.39, 0.29) is 48.2 Å². The molecule has 2 aliphatic heterocycles. The molecule has 1 saturated carbocycles. The number of hydrogen-bond donors (Lipinski definition) is 0. The molecule has 0 N–H and O–H groups in total. The van der Waals surface area contributed by atoms with Crippen molar-refractivity contribution in [3.8, 4) is 0 Å². The topological polar surface area (TPSA) is 101 Å². The van der Waals surface area contributed by atoms with Gasteiger partial charge in [-0.2, -0.15) is 0 Å². The number of imide groups is 1. The first-order valence-corrected chi connectivity index (χ1v) is 9.40. The van der Waals surface area contributed by atoms with Crippen molar-refractivity contribution in [3.63, 3.8) is 0 Å². The van der Waals surface area contributed by atoms with E-state index < -0.39 is 4.92 Å². The van der Waals surface area contributed by atoms with Crippen molar-refractivity contribution in [3.05, 3.63) is 33.9 Å². The molecule has 2 fully saturated rings. The third kappa shape index (κ3) is 2.98. The Hall–Kier alpha value is -2.77. The summed E-state index contributed by atoms with van der Waals surface area (Å²) in [5.74, 6) is -0.827. The number of non-ortho nitro benzene ring substituents is 1. The van der Waals surface area contributed by atoms with E-state index in [1.807, 2.05) is 0 Å². The Bertz CT molecular complexity index is 813. The van der Waals surface area contributed by atoms with Crippen molar-refractivity contribution in [2.45, 2.75) is 38.5 Å². The van der Waals surface area contributed by atoms with Gasteiger partial charge in [0.15, 0.2) is 0 Å². The molecule has 1 aliphatic carbocycles. The largest absolute Gasteiger partial charge is 0.312 e. The van der Waals surface area contributed by atoms with Crippen LogP contribution in [0.3, 0.4) is 0 Å². The van der Waals surface area contributed by atoms with Crippen LogP contribution in [0.25, 0.3) is 0 Å². The van der Waals surface area contributed by atoms with E-state index in [2.05, 4.69) is 0 Å². The molecule has 1 aromatic carbocycles. The molecule has 27 heavy (non-hydrogen) atoms. The summed E-state index contributed by atoms with van der Waals surface area (Å²) in [5, 5.41) is 10.9. The number of nitro benzene ring substituents is 1. The van der Waals surface area contributed by atoms with Gasteiger partial charge >= 0.3 is 0 Å². The van der Waals surface area contributed by atoms with Crippen molar-refractivity contribution >= 4 is 29.1 Å². The first-order chi connectivity index (χ1) is 13.0. The summed E-state index contributed by atoms with van der Waals surface area (Å²) in [6.45, 7) is 0.574. The quantitative estimate of drug-likeness (QED) is 0.458. The minimum Gasteiger partial charge on any atom is -0.312 e. The third-order valence-corrected chi connectivity index (χ3v) is 5.95. The first kappa shape index (κ1) is 17.6. The summed E-state index contributed by atoms with van der Waals surface area (Å²) in [7, 11) is 0. The minimum absolute atomic E-state index is 0.0129. The molecule has 4 rings (SSSR count). The van der Waals surface area contributed by atoms with E-state index in [4.69, 9.17) is 0 Å². The molecule has 1 saturated heterocycles. The molecule has 0 spiro atoms. The van der Waals surface area contributed by atoms with Gasteiger partial charge in [0.2, 0.25) is 17.7 Å². The highest BCUT2D eigenvalue weighted by atomic mass is 16.6. The van der Waals surface area contributed by atoms with Gasteiger partial charge in [0.1, 0.15) is 0 Å². The number of carbonyl (C=O) groups excluding carboxylic acids is 3. The number of amides is 3. The molecule has 2 heterocycles. The highest BCUT2D eigenvalue weighted by molar-refractivity contribution is 6.05. The number of hydrogen-bond acceptors (Lipinski definition) is 5. The smallest absolute Gasteiger partial charge is 0.269 e. The maximum atomic E-state index is 12.7. The standard InChI is InChI=1S/C19H21N3O5/c23-17(20-9-7-12-11-13(22(26)27)5-6-16(12)20)8-10-21-18(24)14-3-1-2-4-15(14)19(21)25/h5-6,11,14-15H,1-4,7-10H2.